The number of nitrogens with one attached hydrogen (secondary N) is 1. The Kier molecular flexibility index (Phi) is 4.40. The van der Waals surface area contributed by atoms with Gasteiger partial charge in [0.15, 0.2) is 0 Å². The summed E-state index contributed by atoms with van der Waals surface area (Å²) in [6.45, 7) is 9.31. The van der Waals surface area contributed by atoms with Crippen molar-refractivity contribution in [1.29, 1.82) is 0 Å². The molecule has 3 nitrogen and oxygen atoms in total. The van der Waals surface area contributed by atoms with Crippen molar-refractivity contribution in [3.8, 4) is 0 Å². The Hall–Kier alpha value is -0.120. The third-order valence-corrected chi connectivity index (χ3v) is 5.50. The van der Waals surface area contributed by atoms with Gasteiger partial charge < -0.3 is 10.1 Å². The van der Waals surface area contributed by atoms with Crippen LogP contribution in [0.4, 0.5) is 0 Å². The van der Waals surface area contributed by atoms with E-state index in [-0.39, 0.29) is 5.60 Å². The molecule has 0 amide bonds. The second-order valence-corrected chi connectivity index (χ2v) is 7.89. The Labute approximate surface area is 124 Å². The highest BCUT2D eigenvalue weighted by Gasteiger charge is 2.37. The van der Waals surface area contributed by atoms with E-state index in [1.54, 1.807) is 0 Å². The minimum Gasteiger partial charge on any atom is -0.371 e. The molecule has 0 aromatic heterocycles. The monoisotopic (exact) mass is 280 g/mol. The van der Waals surface area contributed by atoms with E-state index in [4.69, 9.17) is 4.74 Å². The van der Waals surface area contributed by atoms with Crippen LogP contribution < -0.4 is 5.32 Å². The summed E-state index contributed by atoms with van der Waals surface area (Å²) in [5, 5.41) is 3.89. The van der Waals surface area contributed by atoms with Gasteiger partial charge in [-0.3, -0.25) is 4.90 Å². The smallest absolute Gasteiger partial charge is 0.0710 e. The average Bonchev–Trinajstić information content (AvgIpc) is 2.63. The van der Waals surface area contributed by atoms with Gasteiger partial charge in [-0.05, 0) is 59.0 Å². The molecule has 2 heterocycles. The third-order valence-electron chi connectivity index (χ3n) is 5.50. The molecule has 1 N–H and O–H groups in total. The first-order valence-corrected chi connectivity index (χ1v) is 8.72. The molecule has 1 spiro atoms. The Morgan fingerprint density at radius 3 is 2.60 bits per heavy atom. The molecular formula is C17H32N2O. The van der Waals surface area contributed by atoms with Gasteiger partial charge in [0, 0.05) is 18.6 Å². The Balaban J connectivity index is 1.58. The van der Waals surface area contributed by atoms with Crippen molar-refractivity contribution >= 4 is 0 Å². The van der Waals surface area contributed by atoms with Crippen molar-refractivity contribution in [2.24, 2.45) is 0 Å². The zero-order valence-corrected chi connectivity index (χ0v) is 13.4. The number of hydrogen-bond donors (Lipinski definition) is 1. The van der Waals surface area contributed by atoms with Gasteiger partial charge in [0.25, 0.3) is 0 Å². The van der Waals surface area contributed by atoms with Crippen molar-refractivity contribution < 1.29 is 4.74 Å². The molecule has 3 rings (SSSR count). The number of hydrogen-bond acceptors (Lipinski definition) is 3. The predicted molar refractivity (Wildman–Crippen MR) is 83.1 cm³/mol. The van der Waals surface area contributed by atoms with E-state index < -0.39 is 0 Å². The molecule has 1 atom stereocenters. The maximum absolute atomic E-state index is 6.21. The van der Waals surface area contributed by atoms with Crippen molar-refractivity contribution in [3.05, 3.63) is 0 Å². The minimum absolute atomic E-state index is 0.108. The highest BCUT2D eigenvalue weighted by molar-refractivity contribution is 4.96. The van der Waals surface area contributed by atoms with E-state index in [1.807, 2.05) is 0 Å². The second-order valence-electron chi connectivity index (χ2n) is 7.89. The fraction of sp³-hybridized carbons (Fsp3) is 1.00. The van der Waals surface area contributed by atoms with Crippen LogP contribution in [0.3, 0.4) is 0 Å². The highest BCUT2D eigenvalue weighted by atomic mass is 16.5. The number of nitrogens with zero attached hydrogens (tertiary/aromatic N) is 1. The van der Waals surface area contributed by atoms with Crippen LogP contribution in [0.2, 0.25) is 0 Å². The van der Waals surface area contributed by atoms with Crippen molar-refractivity contribution in [1.82, 2.24) is 10.2 Å². The van der Waals surface area contributed by atoms with Crippen LogP contribution in [0.15, 0.2) is 0 Å². The molecule has 3 heteroatoms. The first-order chi connectivity index (χ1) is 9.57. The van der Waals surface area contributed by atoms with Gasteiger partial charge in [0.1, 0.15) is 0 Å². The molecule has 3 aliphatic rings. The normalized spacial score (nSPS) is 34.2. The lowest BCUT2D eigenvalue weighted by Crippen LogP contribution is -2.53. The SMILES string of the molecule is CC1(C)CCC(CN2CCCNC3(CCCCC3)C2)O1. The van der Waals surface area contributed by atoms with Crippen molar-refractivity contribution in [2.75, 3.05) is 26.2 Å². The van der Waals surface area contributed by atoms with Gasteiger partial charge in [0.2, 0.25) is 0 Å². The fourth-order valence-electron chi connectivity index (χ4n) is 4.43. The maximum atomic E-state index is 6.21. The Bertz CT molecular complexity index is 323. The van der Waals surface area contributed by atoms with Crippen LogP contribution >= 0.6 is 0 Å². The minimum atomic E-state index is 0.108. The quantitative estimate of drug-likeness (QED) is 0.841. The van der Waals surface area contributed by atoms with Crippen LogP contribution in [0.5, 0.6) is 0 Å². The fourth-order valence-corrected chi connectivity index (χ4v) is 4.43. The van der Waals surface area contributed by atoms with Gasteiger partial charge in [-0.15, -0.1) is 0 Å². The number of ether oxygens (including phenoxy) is 1. The highest BCUT2D eigenvalue weighted by Crippen LogP contribution is 2.33. The molecule has 1 unspecified atom stereocenters. The molecule has 1 aliphatic carbocycles. The molecule has 0 aromatic rings. The van der Waals surface area contributed by atoms with Gasteiger partial charge >= 0.3 is 0 Å². The lowest BCUT2D eigenvalue weighted by Gasteiger charge is -2.40. The zero-order valence-electron chi connectivity index (χ0n) is 13.4. The summed E-state index contributed by atoms with van der Waals surface area (Å²) in [6.07, 6.45) is 11.2. The van der Waals surface area contributed by atoms with Crippen LogP contribution in [0.25, 0.3) is 0 Å². The standard InChI is InChI=1S/C17H32N2O/c1-16(2)10-7-15(20-16)13-19-12-6-11-18-17(14-19)8-4-3-5-9-17/h15,18H,3-14H2,1-2H3. The first-order valence-electron chi connectivity index (χ1n) is 8.72. The van der Waals surface area contributed by atoms with Crippen LogP contribution in [0.1, 0.15) is 65.2 Å². The third kappa shape index (κ3) is 3.55. The largest absolute Gasteiger partial charge is 0.371 e. The van der Waals surface area contributed by atoms with Crippen LogP contribution in [-0.4, -0.2) is 48.3 Å². The summed E-state index contributed by atoms with van der Waals surface area (Å²) >= 11 is 0. The molecule has 1 saturated carbocycles. The molecule has 20 heavy (non-hydrogen) atoms. The van der Waals surface area contributed by atoms with E-state index in [0.717, 1.165) is 6.54 Å². The zero-order chi connectivity index (χ0) is 14.1. The predicted octanol–water partition coefficient (Wildman–Crippen LogP) is 2.94. The summed E-state index contributed by atoms with van der Waals surface area (Å²) in [6, 6.07) is 0. The summed E-state index contributed by atoms with van der Waals surface area (Å²) in [5.74, 6) is 0. The first kappa shape index (κ1) is 14.8. The topological polar surface area (TPSA) is 24.5 Å². The van der Waals surface area contributed by atoms with E-state index >= 15 is 0 Å². The van der Waals surface area contributed by atoms with Crippen LogP contribution in [0, 0.1) is 0 Å². The molecule has 116 valence electrons. The molecule has 0 radical (unpaired) electrons. The van der Waals surface area contributed by atoms with Gasteiger partial charge in [-0.25, -0.2) is 0 Å². The molecular weight excluding hydrogens is 248 g/mol. The van der Waals surface area contributed by atoms with Crippen molar-refractivity contribution in [3.63, 3.8) is 0 Å². The van der Waals surface area contributed by atoms with E-state index in [2.05, 4.69) is 24.1 Å². The van der Waals surface area contributed by atoms with Gasteiger partial charge in [-0.1, -0.05) is 19.3 Å². The molecule has 3 fully saturated rings. The summed E-state index contributed by atoms with van der Waals surface area (Å²) in [7, 11) is 0. The van der Waals surface area contributed by atoms with Crippen LogP contribution in [-0.2, 0) is 4.74 Å². The van der Waals surface area contributed by atoms with E-state index in [9.17, 15) is 0 Å². The van der Waals surface area contributed by atoms with Gasteiger partial charge in [0.05, 0.1) is 11.7 Å². The average molecular weight is 280 g/mol. The lowest BCUT2D eigenvalue weighted by molar-refractivity contribution is -0.0309. The molecule has 2 aliphatic heterocycles. The Morgan fingerprint density at radius 1 is 1.10 bits per heavy atom. The summed E-state index contributed by atoms with van der Waals surface area (Å²) in [4.78, 5) is 2.69. The second kappa shape index (κ2) is 5.94. The summed E-state index contributed by atoms with van der Waals surface area (Å²) in [5.41, 5.74) is 0.528. The molecule has 0 bridgehead atoms. The van der Waals surface area contributed by atoms with E-state index in [0.29, 0.717) is 11.6 Å². The Morgan fingerprint density at radius 2 is 1.90 bits per heavy atom. The van der Waals surface area contributed by atoms with E-state index in [1.165, 1.54) is 71.0 Å². The maximum Gasteiger partial charge on any atom is 0.0710 e. The van der Waals surface area contributed by atoms with Gasteiger partial charge in [-0.2, -0.15) is 0 Å². The summed E-state index contributed by atoms with van der Waals surface area (Å²) < 4.78 is 6.21. The lowest BCUT2D eigenvalue weighted by atomic mass is 9.81. The molecule has 0 aromatic carbocycles. The number of rotatable bonds is 2. The molecule has 2 saturated heterocycles. The van der Waals surface area contributed by atoms with Crippen molar-refractivity contribution in [2.45, 2.75) is 82.5 Å².